The van der Waals surface area contributed by atoms with Crippen molar-refractivity contribution in [1.82, 2.24) is 9.97 Å². The largest absolute Gasteiger partial charge is 0.367 e. The molecular weight excluding hydrogens is 224 g/mol. The fourth-order valence-electron chi connectivity index (χ4n) is 2.74. The summed E-state index contributed by atoms with van der Waals surface area (Å²) in [4.78, 5) is 8.76. The normalized spacial score (nSPS) is 18.4. The molecule has 0 radical (unpaired) electrons. The molecule has 2 rings (SSSR count). The molecule has 4 heteroatoms. The Bertz CT molecular complexity index is 385. The molecule has 1 aliphatic rings. The van der Waals surface area contributed by atoms with Gasteiger partial charge in [-0.15, -0.1) is 0 Å². The van der Waals surface area contributed by atoms with Gasteiger partial charge in [-0.2, -0.15) is 4.98 Å². The lowest BCUT2D eigenvalue weighted by molar-refractivity contribution is 0.328. The second-order valence-electron chi connectivity index (χ2n) is 5.30. The average molecular weight is 248 g/mol. The van der Waals surface area contributed by atoms with Gasteiger partial charge >= 0.3 is 0 Å². The Kier molecular flexibility index (Phi) is 4.39. The molecule has 1 unspecified atom stereocenters. The van der Waals surface area contributed by atoms with Crippen LogP contribution >= 0.6 is 0 Å². The second-order valence-corrected chi connectivity index (χ2v) is 5.30. The van der Waals surface area contributed by atoms with Crippen molar-refractivity contribution in [3.63, 3.8) is 0 Å². The Morgan fingerprint density at radius 3 is 2.61 bits per heavy atom. The highest BCUT2D eigenvalue weighted by molar-refractivity contribution is 5.42. The number of nitrogens with one attached hydrogen (secondary N) is 2. The highest BCUT2D eigenvalue weighted by atomic mass is 15.1. The average Bonchev–Trinajstić information content (AvgIpc) is 2.39. The molecule has 0 spiro atoms. The number of nitrogens with zero attached hydrogens (tertiary/aromatic N) is 2. The van der Waals surface area contributed by atoms with Crippen LogP contribution in [0.4, 0.5) is 11.8 Å². The van der Waals surface area contributed by atoms with Crippen molar-refractivity contribution in [3.05, 3.63) is 11.8 Å². The van der Waals surface area contributed by atoms with Crippen LogP contribution in [0.15, 0.2) is 6.07 Å². The summed E-state index contributed by atoms with van der Waals surface area (Å²) in [6.07, 6.45) is 6.84. The molecule has 4 nitrogen and oxygen atoms in total. The highest BCUT2D eigenvalue weighted by Crippen LogP contribution is 2.27. The number of hydrogen-bond acceptors (Lipinski definition) is 4. The van der Waals surface area contributed by atoms with E-state index in [0.717, 1.165) is 17.4 Å². The van der Waals surface area contributed by atoms with Crippen LogP contribution < -0.4 is 10.6 Å². The maximum absolute atomic E-state index is 4.45. The first-order valence-electron chi connectivity index (χ1n) is 6.99. The summed E-state index contributed by atoms with van der Waals surface area (Å²) < 4.78 is 0. The Labute approximate surface area is 110 Å². The number of aryl methyl sites for hydroxylation is 1. The van der Waals surface area contributed by atoms with Gasteiger partial charge in [0, 0.05) is 24.8 Å². The third-order valence-electron chi connectivity index (χ3n) is 3.81. The van der Waals surface area contributed by atoms with Gasteiger partial charge < -0.3 is 10.6 Å². The van der Waals surface area contributed by atoms with Gasteiger partial charge in [0.2, 0.25) is 5.95 Å². The molecule has 1 aromatic heterocycles. The zero-order valence-corrected chi connectivity index (χ0v) is 11.7. The Morgan fingerprint density at radius 1 is 1.22 bits per heavy atom. The minimum absolute atomic E-state index is 0.490. The minimum atomic E-state index is 0.490. The SMILES string of the molecule is CNc1nc(C)cc(NC(C)C2CCCCC2)n1. The zero-order chi connectivity index (χ0) is 13.0. The van der Waals surface area contributed by atoms with E-state index in [0.29, 0.717) is 12.0 Å². The Morgan fingerprint density at radius 2 is 1.94 bits per heavy atom. The van der Waals surface area contributed by atoms with Crippen LogP contribution in [0.3, 0.4) is 0 Å². The fourth-order valence-corrected chi connectivity index (χ4v) is 2.74. The van der Waals surface area contributed by atoms with Gasteiger partial charge in [-0.05, 0) is 32.6 Å². The van der Waals surface area contributed by atoms with Crippen molar-refractivity contribution in [3.8, 4) is 0 Å². The quantitative estimate of drug-likeness (QED) is 0.859. The van der Waals surface area contributed by atoms with E-state index in [1.807, 2.05) is 20.0 Å². The summed E-state index contributed by atoms with van der Waals surface area (Å²) in [7, 11) is 1.85. The molecule has 1 aromatic rings. The smallest absolute Gasteiger partial charge is 0.224 e. The van der Waals surface area contributed by atoms with Crippen LogP contribution in [-0.4, -0.2) is 23.1 Å². The second kappa shape index (κ2) is 6.03. The summed E-state index contributed by atoms with van der Waals surface area (Å²) in [6.45, 7) is 4.27. The first kappa shape index (κ1) is 13.1. The van der Waals surface area contributed by atoms with Crippen molar-refractivity contribution in [2.45, 2.75) is 52.0 Å². The number of hydrogen-bond donors (Lipinski definition) is 2. The Balaban J connectivity index is 2.01. The highest BCUT2D eigenvalue weighted by Gasteiger charge is 2.20. The molecule has 100 valence electrons. The molecule has 1 fully saturated rings. The van der Waals surface area contributed by atoms with E-state index in [-0.39, 0.29) is 0 Å². The first-order valence-corrected chi connectivity index (χ1v) is 6.99. The third-order valence-corrected chi connectivity index (χ3v) is 3.81. The Hall–Kier alpha value is -1.32. The first-order chi connectivity index (χ1) is 8.69. The lowest BCUT2D eigenvalue weighted by Gasteiger charge is -2.28. The molecular formula is C14H24N4. The predicted octanol–water partition coefficient (Wildman–Crippen LogP) is 3.21. The van der Waals surface area contributed by atoms with Crippen LogP contribution in [0, 0.1) is 12.8 Å². The van der Waals surface area contributed by atoms with E-state index >= 15 is 0 Å². The molecule has 18 heavy (non-hydrogen) atoms. The molecule has 0 bridgehead atoms. The summed E-state index contributed by atoms with van der Waals surface area (Å²) in [5.41, 5.74) is 0.993. The van der Waals surface area contributed by atoms with Gasteiger partial charge in [-0.1, -0.05) is 19.3 Å². The maximum Gasteiger partial charge on any atom is 0.224 e. The lowest BCUT2D eigenvalue weighted by atomic mass is 9.84. The number of aromatic nitrogens is 2. The van der Waals surface area contributed by atoms with Gasteiger partial charge in [0.1, 0.15) is 5.82 Å². The maximum atomic E-state index is 4.45. The van der Waals surface area contributed by atoms with Crippen molar-refractivity contribution < 1.29 is 0 Å². The van der Waals surface area contributed by atoms with Gasteiger partial charge in [-0.25, -0.2) is 4.98 Å². The van der Waals surface area contributed by atoms with Crippen LogP contribution in [0.2, 0.25) is 0 Å². The molecule has 1 heterocycles. The van der Waals surface area contributed by atoms with Gasteiger partial charge in [0.15, 0.2) is 0 Å². The summed E-state index contributed by atoms with van der Waals surface area (Å²) in [6, 6.07) is 2.50. The van der Waals surface area contributed by atoms with E-state index in [1.54, 1.807) is 0 Å². The summed E-state index contributed by atoms with van der Waals surface area (Å²) in [5, 5.41) is 6.53. The fraction of sp³-hybridized carbons (Fsp3) is 0.714. The molecule has 2 N–H and O–H groups in total. The van der Waals surface area contributed by atoms with E-state index in [1.165, 1.54) is 32.1 Å². The van der Waals surface area contributed by atoms with Gasteiger partial charge in [-0.3, -0.25) is 0 Å². The molecule has 0 aliphatic heterocycles. The number of anilines is 2. The standard InChI is InChI=1S/C14H24N4/c1-10-9-13(18-14(15-3)16-10)17-11(2)12-7-5-4-6-8-12/h9,11-12H,4-8H2,1-3H3,(H2,15,16,17,18). The van der Waals surface area contributed by atoms with Gasteiger partial charge in [0.25, 0.3) is 0 Å². The molecule has 1 atom stereocenters. The lowest BCUT2D eigenvalue weighted by Crippen LogP contribution is -2.28. The van der Waals surface area contributed by atoms with Crippen LogP contribution in [0.1, 0.15) is 44.7 Å². The molecule has 0 amide bonds. The summed E-state index contributed by atoms with van der Waals surface area (Å²) >= 11 is 0. The van der Waals surface area contributed by atoms with Crippen molar-refractivity contribution in [1.29, 1.82) is 0 Å². The number of rotatable bonds is 4. The molecule has 0 saturated heterocycles. The van der Waals surface area contributed by atoms with E-state index < -0.39 is 0 Å². The topological polar surface area (TPSA) is 49.8 Å². The molecule has 1 aliphatic carbocycles. The molecule has 0 aromatic carbocycles. The van der Waals surface area contributed by atoms with Crippen molar-refractivity contribution in [2.24, 2.45) is 5.92 Å². The predicted molar refractivity (Wildman–Crippen MR) is 76.0 cm³/mol. The van der Waals surface area contributed by atoms with E-state index in [2.05, 4.69) is 27.5 Å². The van der Waals surface area contributed by atoms with Crippen LogP contribution in [0.25, 0.3) is 0 Å². The third kappa shape index (κ3) is 3.34. The van der Waals surface area contributed by atoms with Crippen molar-refractivity contribution >= 4 is 11.8 Å². The summed E-state index contributed by atoms with van der Waals surface area (Å²) in [5.74, 6) is 2.41. The van der Waals surface area contributed by atoms with E-state index in [9.17, 15) is 0 Å². The van der Waals surface area contributed by atoms with Gasteiger partial charge in [0.05, 0.1) is 0 Å². The van der Waals surface area contributed by atoms with Crippen molar-refractivity contribution in [2.75, 3.05) is 17.7 Å². The monoisotopic (exact) mass is 248 g/mol. The van der Waals surface area contributed by atoms with E-state index in [4.69, 9.17) is 0 Å². The minimum Gasteiger partial charge on any atom is -0.367 e. The van der Waals surface area contributed by atoms with Crippen LogP contribution in [-0.2, 0) is 0 Å². The van der Waals surface area contributed by atoms with Crippen LogP contribution in [0.5, 0.6) is 0 Å². The zero-order valence-electron chi connectivity index (χ0n) is 11.7. The molecule has 1 saturated carbocycles.